The third-order valence-corrected chi connectivity index (χ3v) is 6.17. The molecule has 2 aliphatic heterocycles. The molecule has 0 bridgehead atoms. The van der Waals surface area contributed by atoms with Crippen molar-refractivity contribution in [1.29, 1.82) is 0 Å². The van der Waals surface area contributed by atoms with Gasteiger partial charge in [-0.3, -0.25) is 9.98 Å². The lowest BCUT2D eigenvalue weighted by Gasteiger charge is -2.28. The van der Waals surface area contributed by atoms with E-state index in [9.17, 15) is 0 Å². The highest BCUT2D eigenvalue weighted by Gasteiger charge is 2.33. The van der Waals surface area contributed by atoms with Gasteiger partial charge < -0.3 is 10.6 Å². The molecule has 1 aromatic carbocycles. The van der Waals surface area contributed by atoms with E-state index in [2.05, 4.69) is 79.7 Å². The van der Waals surface area contributed by atoms with Gasteiger partial charge in [0, 0.05) is 37.1 Å². The Hall–Kier alpha value is -2.46. The summed E-state index contributed by atoms with van der Waals surface area (Å²) in [6, 6.07) is 9.33. The van der Waals surface area contributed by atoms with Crippen LogP contribution in [-0.2, 0) is 0 Å². The molecule has 0 radical (unpaired) electrons. The fraction of sp³-hybridized carbons (Fsp3) is 0.500. The monoisotopic (exact) mass is 432 g/mol. The van der Waals surface area contributed by atoms with Crippen molar-refractivity contribution in [2.45, 2.75) is 65.8 Å². The van der Waals surface area contributed by atoms with Crippen LogP contribution in [0.3, 0.4) is 0 Å². The molecule has 2 N–H and O–H groups in total. The van der Waals surface area contributed by atoms with Gasteiger partial charge in [0.2, 0.25) is 0 Å². The van der Waals surface area contributed by atoms with Crippen molar-refractivity contribution in [2.24, 2.45) is 21.8 Å². The van der Waals surface area contributed by atoms with Crippen molar-refractivity contribution in [3.05, 3.63) is 65.0 Å². The van der Waals surface area contributed by atoms with Crippen LogP contribution in [0.2, 0.25) is 0 Å². The zero-order chi connectivity index (χ0) is 22.9. The Morgan fingerprint density at radius 3 is 2.78 bits per heavy atom. The van der Waals surface area contributed by atoms with Crippen LogP contribution in [0, 0.1) is 11.8 Å². The molecule has 4 rings (SSSR count). The fourth-order valence-electron chi connectivity index (χ4n) is 4.73. The molecule has 1 saturated heterocycles. The van der Waals surface area contributed by atoms with Gasteiger partial charge in [-0.2, -0.15) is 0 Å². The molecule has 0 saturated carbocycles. The number of fused-ring (bicyclic) bond motifs is 1. The average molecular weight is 433 g/mol. The smallest absolute Gasteiger partial charge is 0.0710 e. The zero-order valence-electron chi connectivity index (χ0n) is 20.5. The number of rotatable bonds is 5. The van der Waals surface area contributed by atoms with Crippen LogP contribution in [0.15, 0.2) is 69.4 Å². The highest BCUT2D eigenvalue weighted by atomic mass is 14.9. The lowest BCUT2D eigenvalue weighted by Crippen LogP contribution is -2.28. The molecule has 1 aromatic rings. The van der Waals surface area contributed by atoms with E-state index in [1.807, 2.05) is 19.5 Å². The Bertz CT molecular complexity index is 913. The predicted octanol–water partition coefficient (Wildman–Crippen LogP) is 6.85. The van der Waals surface area contributed by atoms with Crippen LogP contribution in [0.5, 0.6) is 0 Å². The molecule has 1 fully saturated rings. The molecule has 0 aromatic heterocycles. The Morgan fingerprint density at radius 2 is 2.09 bits per heavy atom. The second-order valence-electron chi connectivity index (χ2n) is 9.04. The summed E-state index contributed by atoms with van der Waals surface area (Å²) in [5.41, 5.74) is 7.29. The summed E-state index contributed by atoms with van der Waals surface area (Å²) >= 11 is 0. The SMILES string of the molecule is C/C=C(\C=NC)C1=CN=C2C(Nc3cccc(C4CCCCN4)c3)=CC(C)CC12.CCC. The van der Waals surface area contributed by atoms with Crippen LogP contribution in [0.25, 0.3) is 0 Å². The molecule has 3 unspecified atom stereocenters. The minimum Gasteiger partial charge on any atom is -0.354 e. The maximum atomic E-state index is 4.82. The van der Waals surface area contributed by atoms with Crippen molar-refractivity contribution >= 4 is 17.6 Å². The first kappa shape index (κ1) is 24.2. The maximum absolute atomic E-state index is 4.82. The van der Waals surface area contributed by atoms with E-state index < -0.39 is 0 Å². The van der Waals surface area contributed by atoms with Gasteiger partial charge in [-0.15, -0.1) is 0 Å². The molecule has 172 valence electrons. The molecule has 3 aliphatic rings. The Balaban J connectivity index is 0.000000913. The first-order chi connectivity index (χ1) is 15.6. The molecule has 3 atom stereocenters. The Labute approximate surface area is 194 Å². The van der Waals surface area contributed by atoms with Gasteiger partial charge in [0.15, 0.2) is 0 Å². The molecule has 2 heterocycles. The van der Waals surface area contributed by atoms with Gasteiger partial charge in [-0.05, 0) is 67.5 Å². The van der Waals surface area contributed by atoms with Crippen LogP contribution in [-0.4, -0.2) is 25.5 Å². The van der Waals surface area contributed by atoms with E-state index >= 15 is 0 Å². The summed E-state index contributed by atoms with van der Waals surface area (Å²) in [5, 5.41) is 7.34. The Kier molecular flexibility index (Phi) is 9.04. The molecule has 4 heteroatoms. The van der Waals surface area contributed by atoms with E-state index in [1.165, 1.54) is 42.4 Å². The van der Waals surface area contributed by atoms with Gasteiger partial charge in [0.1, 0.15) is 0 Å². The molecule has 0 amide bonds. The molecular formula is C28H40N4. The van der Waals surface area contributed by atoms with Crippen LogP contribution in [0.1, 0.15) is 71.4 Å². The van der Waals surface area contributed by atoms with Crippen molar-refractivity contribution in [3.8, 4) is 0 Å². The molecule has 32 heavy (non-hydrogen) atoms. The van der Waals surface area contributed by atoms with Crippen LogP contribution < -0.4 is 10.6 Å². The van der Waals surface area contributed by atoms with E-state index in [-0.39, 0.29) is 0 Å². The minimum atomic E-state index is 0.338. The second kappa shape index (κ2) is 12.0. The van der Waals surface area contributed by atoms with Gasteiger partial charge in [0.05, 0.1) is 11.4 Å². The lowest BCUT2D eigenvalue weighted by atomic mass is 9.79. The number of piperidine rings is 1. The first-order valence-electron chi connectivity index (χ1n) is 12.3. The number of benzene rings is 1. The van der Waals surface area contributed by atoms with Gasteiger partial charge in [0.25, 0.3) is 0 Å². The number of nitrogens with zero attached hydrogens (tertiary/aromatic N) is 2. The highest BCUT2D eigenvalue weighted by molar-refractivity contribution is 6.09. The summed E-state index contributed by atoms with van der Waals surface area (Å²) in [6.07, 6.45) is 14.6. The minimum absolute atomic E-state index is 0.338. The third-order valence-electron chi connectivity index (χ3n) is 6.17. The first-order valence-corrected chi connectivity index (χ1v) is 12.3. The largest absolute Gasteiger partial charge is 0.354 e. The number of nitrogens with one attached hydrogen (secondary N) is 2. The number of allylic oxidation sites excluding steroid dienone is 5. The van der Waals surface area contributed by atoms with E-state index in [0.29, 0.717) is 17.9 Å². The lowest BCUT2D eigenvalue weighted by molar-refractivity contribution is 0.412. The molecule has 1 aliphatic carbocycles. The summed E-state index contributed by atoms with van der Waals surface area (Å²) < 4.78 is 0. The maximum Gasteiger partial charge on any atom is 0.0710 e. The third kappa shape index (κ3) is 5.86. The van der Waals surface area contributed by atoms with E-state index in [0.717, 1.165) is 30.1 Å². The highest BCUT2D eigenvalue weighted by Crippen LogP contribution is 2.38. The standard InChI is InChI=1S/C25H32N4.C3H8/c1-4-18(15-26-3)22-16-28-25-21(22)12-17(2)13-24(25)29-20-9-7-8-19(14-20)23-10-5-6-11-27-23;1-3-2/h4,7-9,13-17,21,23,27,29H,5-6,10-12H2,1-3H3;3H2,1-2H3/b18-4+,26-15?;. The van der Waals surface area contributed by atoms with E-state index in [1.54, 1.807) is 0 Å². The van der Waals surface area contributed by atoms with Crippen LogP contribution >= 0.6 is 0 Å². The number of hydrogen-bond donors (Lipinski definition) is 2. The van der Waals surface area contributed by atoms with Gasteiger partial charge >= 0.3 is 0 Å². The summed E-state index contributed by atoms with van der Waals surface area (Å²) in [5.74, 6) is 0.840. The van der Waals surface area contributed by atoms with Crippen molar-refractivity contribution < 1.29 is 0 Å². The average Bonchev–Trinajstić information content (AvgIpc) is 3.22. The van der Waals surface area contributed by atoms with Gasteiger partial charge in [-0.1, -0.05) is 57.9 Å². The summed E-state index contributed by atoms with van der Waals surface area (Å²) in [7, 11) is 1.82. The summed E-state index contributed by atoms with van der Waals surface area (Å²) in [6.45, 7) is 9.73. The molecule has 0 spiro atoms. The number of hydrogen-bond acceptors (Lipinski definition) is 4. The number of anilines is 1. The quantitative estimate of drug-likeness (QED) is 0.500. The molecular weight excluding hydrogens is 392 g/mol. The molecule has 4 nitrogen and oxygen atoms in total. The normalized spacial score (nSPS) is 25.3. The van der Waals surface area contributed by atoms with E-state index in [4.69, 9.17) is 4.99 Å². The van der Waals surface area contributed by atoms with Crippen LogP contribution in [0.4, 0.5) is 5.69 Å². The summed E-state index contributed by atoms with van der Waals surface area (Å²) in [4.78, 5) is 9.05. The van der Waals surface area contributed by atoms with Gasteiger partial charge in [-0.25, -0.2) is 0 Å². The zero-order valence-corrected chi connectivity index (χ0v) is 20.5. The number of aliphatic imine (C=N–C) groups is 2. The van der Waals surface area contributed by atoms with Crippen molar-refractivity contribution in [2.75, 3.05) is 18.9 Å². The Morgan fingerprint density at radius 1 is 1.28 bits per heavy atom. The van der Waals surface area contributed by atoms with Crippen molar-refractivity contribution in [1.82, 2.24) is 5.32 Å². The topological polar surface area (TPSA) is 48.8 Å². The fourth-order valence-corrected chi connectivity index (χ4v) is 4.73. The second-order valence-corrected chi connectivity index (χ2v) is 9.04. The predicted molar refractivity (Wildman–Crippen MR) is 140 cm³/mol. The van der Waals surface area contributed by atoms with Crippen molar-refractivity contribution in [3.63, 3.8) is 0 Å².